The van der Waals surface area contributed by atoms with E-state index in [4.69, 9.17) is 11.6 Å². The van der Waals surface area contributed by atoms with Gasteiger partial charge in [-0.25, -0.2) is 14.4 Å². The average molecular weight is 431 g/mol. The lowest BCUT2D eigenvalue weighted by Crippen LogP contribution is -2.28. The standard InChI is InChI=1S/C22H24ClFN4S/c1-4-22(2,3)13-8-9-18-14(10-13)19-20(25-12-26-21(19)29-18)28-27-11-15-16(23)6-5-7-17(15)24/h5-7,11-13H,4,8-10H2,1-3H3,(H,25,26,28)/b27-11+. The van der Waals surface area contributed by atoms with Crippen LogP contribution in [0.1, 0.15) is 49.6 Å². The lowest BCUT2D eigenvalue weighted by atomic mass is 9.69. The van der Waals surface area contributed by atoms with Crippen LogP contribution in [0, 0.1) is 17.2 Å². The van der Waals surface area contributed by atoms with Crippen LogP contribution in [0.4, 0.5) is 10.2 Å². The van der Waals surface area contributed by atoms with Crippen molar-refractivity contribution < 1.29 is 4.39 Å². The Hall–Kier alpha value is -2.05. The number of hydrogen-bond acceptors (Lipinski definition) is 5. The highest BCUT2D eigenvalue weighted by atomic mass is 35.5. The first kappa shape index (κ1) is 20.2. The fourth-order valence-electron chi connectivity index (χ4n) is 3.94. The summed E-state index contributed by atoms with van der Waals surface area (Å²) in [5.41, 5.74) is 4.89. The number of hydrogen-bond donors (Lipinski definition) is 1. The molecule has 1 atom stereocenters. The van der Waals surface area contributed by atoms with Gasteiger partial charge in [-0.05, 0) is 48.3 Å². The predicted octanol–water partition coefficient (Wildman–Crippen LogP) is 6.47. The molecule has 0 aliphatic heterocycles. The molecule has 7 heteroatoms. The third kappa shape index (κ3) is 3.88. The van der Waals surface area contributed by atoms with Crippen molar-refractivity contribution in [3.63, 3.8) is 0 Å². The third-order valence-corrected chi connectivity index (χ3v) is 7.75. The minimum atomic E-state index is -0.409. The van der Waals surface area contributed by atoms with Crippen molar-refractivity contribution in [1.29, 1.82) is 0 Å². The molecule has 0 radical (unpaired) electrons. The van der Waals surface area contributed by atoms with Crippen LogP contribution in [0.2, 0.25) is 5.02 Å². The molecule has 1 unspecified atom stereocenters. The first-order chi connectivity index (χ1) is 13.9. The first-order valence-corrected chi connectivity index (χ1v) is 11.1. The fraction of sp³-hybridized carbons (Fsp3) is 0.409. The Balaban J connectivity index is 1.66. The van der Waals surface area contributed by atoms with Crippen LogP contribution in [0.15, 0.2) is 29.6 Å². The van der Waals surface area contributed by atoms with Gasteiger partial charge in [0.25, 0.3) is 0 Å². The SMILES string of the molecule is CCC(C)(C)C1CCc2sc3ncnc(N/N=C/c4c(F)cccc4Cl)c3c2C1. The summed E-state index contributed by atoms with van der Waals surface area (Å²) >= 11 is 7.82. The molecule has 1 aliphatic carbocycles. The van der Waals surface area contributed by atoms with Crippen molar-refractivity contribution >= 4 is 45.2 Å². The van der Waals surface area contributed by atoms with Crippen LogP contribution >= 0.6 is 22.9 Å². The molecular formula is C22H24ClFN4S. The topological polar surface area (TPSA) is 50.2 Å². The van der Waals surface area contributed by atoms with E-state index >= 15 is 0 Å². The van der Waals surface area contributed by atoms with Gasteiger partial charge in [0.2, 0.25) is 0 Å². The van der Waals surface area contributed by atoms with Crippen LogP contribution in [-0.2, 0) is 12.8 Å². The Morgan fingerprint density at radius 2 is 2.21 bits per heavy atom. The summed E-state index contributed by atoms with van der Waals surface area (Å²) in [6, 6.07) is 4.57. The van der Waals surface area contributed by atoms with Gasteiger partial charge >= 0.3 is 0 Å². The number of nitrogens with zero attached hydrogens (tertiary/aromatic N) is 3. The minimum Gasteiger partial charge on any atom is -0.261 e. The zero-order valence-electron chi connectivity index (χ0n) is 16.8. The van der Waals surface area contributed by atoms with E-state index in [1.165, 1.54) is 29.1 Å². The number of aryl methyl sites for hydroxylation is 1. The van der Waals surface area contributed by atoms with E-state index < -0.39 is 5.82 Å². The summed E-state index contributed by atoms with van der Waals surface area (Å²) in [6.07, 6.45) is 7.42. The van der Waals surface area contributed by atoms with E-state index in [1.54, 1.807) is 29.8 Å². The summed E-state index contributed by atoms with van der Waals surface area (Å²) in [5.74, 6) is 0.881. The second-order valence-electron chi connectivity index (χ2n) is 8.19. The van der Waals surface area contributed by atoms with Crippen molar-refractivity contribution in [2.45, 2.75) is 46.5 Å². The second kappa shape index (κ2) is 8.00. The Bertz CT molecular complexity index is 1060. The van der Waals surface area contributed by atoms with Crippen molar-refractivity contribution in [3.8, 4) is 0 Å². The number of anilines is 1. The summed E-state index contributed by atoms with van der Waals surface area (Å²) in [4.78, 5) is 11.3. The molecular weight excluding hydrogens is 407 g/mol. The number of hydrazone groups is 1. The molecule has 3 aromatic rings. The van der Waals surface area contributed by atoms with Crippen LogP contribution < -0.4 is 5.43 Å². The van der Waals surface area contributed by atoms with E-state index in [1.807, 2.05) is 0 Å². The van der Waals surface area contributed by atoms with Crippen molar-refractivity contribution in [2.75, 3.05) is 5.43 Å². The van der Waals surface area contributed by atoms with Crippen LogP contribution in [0.5, 0.6) is 0 Å². The fourth-order valence-corrected chi connectivity index (χ4v) is 5.34. The van der Waals surface area contributed by atoms with Gasteiger partial charge < -0.3 is 0 Å². The molecule has 29 heavy (non-hydrogen) atoms. The highest BCUT2D eigenvalue weighted by Crippen LogP contribution is 2.45. The van der Waals surface area contributed by atoms with Crippen molar-refractivity contribution in [1.82, 2.24) is 9.97 Å². The van der Waals surface area contributed by atoms with Gasteiger partial charge in [-0.3, -0.25) is 5.43 Å². The molecule has 0 bridgehead atoms. The molecule has 2 heterocycles. The molecule has 2 aromatic heterocycles. The van der Waals surface area contributed by atoms with E-state index in [0.717, 1.165) is 29.5 Å². The number of thiophene rings is 1. The molecule has 0 saturated carbocycles. The quantitative estimate of drug-likeness (QED) is 0.372. The van der Waals surface area contributed by atoms with Gasteiger partial charge in [-0.2, -0.15) is 5.10 Å². The average Bonchev–Trinajstić information content (AvgIpc) is 3.08. The van der Waals surface area contributed by atoms with Crippen LogP contribution in [-0.4, -0.2) is 16.2 Å². The number of halogens is 2. The van der Waals surface area contributed by atoms with Gasteiger partial charge in [0, 0.05) is 10.4 Å². The van der Waals surface area contributed by atoms with Crippen molar-refractivity contribution in [2.24, 2.45) is 16.4 Å². The Labute approximate surface area is 179 Å². The molecule has 0 saturated heterocycles. The van der Waals surface area contributed by atoms with Gasteiger partial charge in [0.15, 0.2) is 5.82 Å². The zero-order chi connectivity index (χ0) is 20.6. The molecule has 0 spiro atoms. The first-order valence-electron chi connectivity index (χ1n) is 9.89. The molecule has 1 N–H and O–H groups in total. The largest absolute Gasteiger partial charge is 0.261 e. The highest BCUT2D eigenvalue weighted by molar-refractivity contribution is 7.19. The molecule has 1 aromatic carbocycles. The zero-order valence-corrected chi connectivity index (χ0v) is 18.4. The summed E-state index contributed by atoms with van der Waals surface area (Å²) in [7, 11) is 0. The number of rotatable bonds is 5. The van der Waals surface area contributed by atoms with Gasteiger partial charge in [-0.15, -0.1) is 11.3 Å². The molecule has 152 valence electrons. The van der Waals surface area contributed by atoms with Gasteiger partial charge in [0.1, 0.15) is 17.0 Å². The van der Waals surface area contributed by atoms with E-state index in [0.29, 0.717) is 22.2 Å². The number of benzene rings is 1. The summed E-state index contributed by atoms with van der Waals surface area (Å²) in [6.45, 7) is 6.98. The van der Waals surface area contributed by atoms with Gasteiger partial charge in [-0.1, -0.05) is 44.9 Å². The number of fused-ring (bicyclic) bond motifs is 3. The maximum absolute atomic E-state index is 14.0. The number of aromatic nitrogens is 2. The molecule has 0 fully saturated rings. The molecule has 4 rings (SSSR count). The van der Waals surface area contributed by atoms with Crippen LogP contribution in [0.25, 0.3) is 10.2 Å². The third-order valence-electron chi connectivity index (χ3n) is 6.22. The molecule has 1 aliphatic rings. The van der Waals surface area contributed by atoms with Gasteiger partial charge in [0.05, 0.1) is 16.6 Å². The van der Waals surface area contributed by atoms with E-state index in [2.05, 4.69) is 41.3 Å². The Morgan fingerprint density at radius 3 is 2.97 bits per heavy atom. The van der Waals surface area contributed by atoms with E-state index in [-0.39, 0.29) is 5.56 Å². The van der Waals surface area contributed by atoms with Crippen molar-refractivity contribution in [3.05, 3.63) is 51.4 Å². The smallest absolute Gasteiger partial charge is 0.158 e. The molecule has 4 nitrogen and oxygen atoms in total. The van der Waals surface area contributed by atoms with Crippen LogP contribution in [0.3, 0.4) is 0 Å². The lowest BCUT2D eigenvalue weighted by molar-refractivity contribution is 0.184. The Kier molecular flexibility index (Phi) is 5.58. The lowest BCUT2D eigenvalue weighted by Gasteiger charge is -2.36. The maximum atomic E-state index is 14.0. The highest BCUT2D eigenvalue weighted by Gasteiger charge is 2.33. The molecule has 0 amide bonds. The summed E-state index contributed by atoms with van der Waals surface area (Å²) in [5, 5.41) is 5.57. The second-order valence-corrected chi connectivity index (χ2v) is 9.68. The monoisotopic (exact) mass is 430 g/mol. The van der Waals surface area contributed by atoms with E-state index in [9.17, 15) is 4.39 Å². The minimum absolute atomic E-state index is 0.254. The maximum Gasteiger partial charge on any atom is 0.158 e. The predicted molar refractivity (Wildman–Crippen MR) is 120 cm³/mol. The normalized spacial score (nSPS) is 17.1. The summed E-state index contributed by atoms with van der Waals surface area (Å²) < 4.78 is 14.0. The number of nitrogens with one attached hydrogen (secondary N) is 1. The Morgan fingerprint density at radius 1 is 1.38 bits per heavy atom.